The highest BCUT2D eigenvalue weighted by Crippen LogP contribution is 2.28. The molecular formula is C11H17NO4S. The zero-order valence-corrected chi connectivity index (χ0v) is 10.8. The van der Waals surface area contributed by atoms with Crippen LogP contribution in [0.1, 0.15) is 6.42 Å². The van der Waals surface area contributed by atoms with Crippen LogP contribution in [-0.4, -0.2) is 34.1 Å². The van der Waals surface area contributed by atoms with E-state index in [0.29, 0.717) is 30.2 Å². The SMILES string of the molecule is COc1ccc(N)cc1OCCCS(C)(=O)=O. The summed E-state index contributed by atoms with van der Waals surface area (Å²) in [6, 6.07) is 5.07. The third kappa shape index (κ3) is 4.95. The molecule has 0 spiro atoms. The molecule has 0 saturated carbocycles. The van der Waals surface area contributed by atoms with Gasteiger partial charge in [0.2, 0.25) is 0 Å². The largest absolute Gasteiger partial charge is 0.493 e. The Kier molecular flexibility index (Phi) is 4.62. The fourth-order valence-corrected chi connectivity index (χ4v) is 1.95. The highest BCUT2D eigenvalue weighted by atomic mass is 32.2. The Labute approximate surface area is 101 Å². The summed E-state index contributed by atoms with van der Waals surface area (Å²) < 4.78 is 32.4. The summed E-state index contributed by atoms with van der Waals surface area (Å²) in [5.41, 5.74) is 6.20. The number of nitrogens with two attached hydrogens (primary N) is 1. The Morgan fingerprint density at radius 3 is 2.59 bits per heavy atom. The quantitative estimate of drug-likeness (QED) is 0.611. The van der Waals surface area contributed by atoms with Crippen molar-refractivity contribution in [2.45, 2.75) is 6.42 Å². The van der Waals surface area contributed by atoms with Crippen LogP contribution >= 0.6 is 0 Å². The van der Waals surface area contributed by atoms with Crippen molar-refractivity contribution < 1.29 is 17.9 Å². The van der Waals surface area contributed by atoms with Crippen LogP contribution in [0.25, 0.3) is 0 Å². The smallest absolute Gasteiger partial charge is 0.163 e. The van der Waals surface area contributed by atoms with Gasteiger partial charge in [0.15, 0.2) is 11.5 Å². The number of benzene rings is 1. The van der Waals surface area contributed by atoms with Crippen LogP contribution in [0, 0.1) is 0 Å². The van der Waals surface area contributed by atoms with E-state index in [4.69, 9.17) is 15.2 Å². The fourth-order valence-electron chi connectivity index (χ4n) is 1.31. The van der Waals surface area contributed by atoms with Gasteiger partial charge in [-0.1, -0.05) is 0 Å². The van der Waals surface area contributed by atoms with Crippen molar-refractivity contribution >= 4 is 15.5 Å². The molecule has 0 amide bonds. The molecule has 0 radical (unpaired) electrons. The minimum absolute atomic E-state index is 0.109. The molecule has 5 nitrogen and oxygen atoms in total. The number of rotatable bonds is 6. The van der Waals surface area contributed by atoms with Gasteiger partial charge in [0.25, 0.3) is 0 Å². The van der Waals surface area contributed by atoms with E-state index in [-0.39, 0.29) is 5.75 Å². The Hall–Kier alpha value is -1.43. The van der Waals surface area contributed by atoms with Crippen LogP contribution in [0.2, 0.25) is 0 Å². The fraction of sp³-hybridized carbons (Fsp3) is 0.455. The lowest BCUT2D eigenvalue weighted by molar-refractivity contribution is 0.295. The average Bonchev–Trinajstić information content (AvgIpc) is 2.23. The van der Waals surface area contributed by atoms with Crippen molar-refractivity contribution in [3.63, 3.8) is 0 Å². The molecule has 2 N–H and O–H groups in total. The van der Waals surface area contributed by atoms with Crippen LogP contribution in [0.15, 0.2) is 18.2 Å². The predicted octanol–water partition coefficient (Wildman–Crippen LogP) is 1.09. The van der Waals surface area contributed by atoms with Crippen LogP contribution in [0.3, 0.4) is 0 Å². The summed E-state index contributed by atoms with van der Waals surface area (Å²) in [5.74, 6) is 1.22. The second-order valence-corrected chi connectivity index (χ2v) is 6.00. The van der Waals surface area contributed by atoms with Crippen molar-refractivity contribution in [3.8, 4) is 11.5 Å². The van der Waals surface area contributed by atoms with Crippen LogP contribution in [-0.2, 0) is 9.84 Å². The molecule has 0 aliphatic heterocycles. The van der Waals surface area contributed by atoms with Crippen LogP contribution < -0.4 is 15.2 Å². The van der Waals surface area contributed by atoms with E-state index in [2.05, 4.69) is 0 Å². The molecule has 0 fully saturated rings. The molecule has 1 aromatic carbocycles. The van der Waals surface area contributed by atoms with E-state index in [0.717, 1.165) is 0 Å². The number of methoxy groups -OCH3 is 1. The Morgan fingerprint density at radius 2 is 2.00 bits per heavy atom. The Bertz CT molecular complexity index is 470. The second-order valence-electron chi connectivity index (χ2n) is 3.74. The van der Waals surface area contributed by atoms with Gasteiger partial charge in [-0.05, 0) is 18.6 Å². The van der Waals surface area contributed by atoms with Crippen molar-refractivity contribution in [1.29, 1.82) is 0 Å². The topological polar surface area (TPSA) is 78.6 Å². The van der Waals surface area contributed by atoms with Crippen LogP contribution in [0.4, 0.5) is 5.69 Å². The van der Waals surface area contributed by atoms with E-state index in [9.17, 15) is 8.42 Å². The minimum atomic E-state index is -2.94. The standard InChI is InChI=1S/C11H17NO4S/c1-15-10-5-4-9(12)8-11(10)16-6-3-7-17(2,13)14/h4-5,8H,3,6-7,12H2,1-2H3. The maximum absolute atomic E-state index is 10.9. The molecular weight excluding hydrogens is 242 g/mol. The van der Waals surface area contributed by atoms with Crippen molar-refractivity contribution in [2.75, 3.05) is 31.5 Å². The summed E-state index contributed by atoms with van der Waals surface area (Å²) >= 11 is 0. The third-order valence-electron chi connectivity index (χ3n) is 2.10. The summed E-state index contributed by atoms with van der Waals surface area (Å²) in [6.07, 6.45) is 1.64. The number of sulfone groups is 1. The molecule has 0 saturated heterocycles. The lowest BCUT2D eigenvalue weighted by atomic mass is 10.3. The minimum Gasteiger partial charge on any atom is -0.493 e. The maximum Gasteiger partial charge on any atom is 0.163 e. The molecule has 96 valence electrons. The zero-order chi connectivity index (χ0) is 12.9. The van der Waals surface area contributed by atoms with Gasteiger partial charge in [0.1, 0.15) is 9.84 Å². The molecule has 1 rings (SSSR count). The predicted molar refractivity (Wildman–Crippen MR) is 67.2 cm³/mol. The van der Waals surface area contributed by atoms with Gasteiger partial charge in [-0.15, -0.1) is 0 Å². The first-order valence-corrected chi connectivity index (χ1v) is 7.22. The first-order chi connectivity index (χ1) is 7.92. The molecule has 0 heterocycles. The summed E-state index contributed by atoms with van der Waals surface area (Å²) in [5, 5.41) is 0. The van der Waals surface area contributed by atoms with Gasteiger partial charge < -0.3 is 15.2 Å². The van der Waals surface area contributed by atoms with Gasteiger partial charge in [-0.2, -0.15) is 0 Å². The lowest BCUT2D eigenvalue weighted by Gasteiger charge is -2.10. The molecule has 0 aliphatic rings. The molecule has 0 unspecified atom stereocenters. The number of ether oxygens (including phenoxy) is 2. The molecule has 0 aromatic heterocycles. The normalized spacial score (nSPS) is 11.2. The van der Waals surface area contributed by atoms with Gasteiger partial charge in [0.05, 0.1) is 19.5 Å². The monoisotopic (exact) mass is 259 g/mol. The number of nitrogen functional groups attached to an aromatic ring is 1. The lowest BCUT2D eigenvalue weighted by Crippen LogP contribution is -2.08. The molecule has 1 aromatic rings. The molecule has 6 heteroatoms. The van der Waals surface area contributed by atoms with E-state index in [1.165, 1.54) is 13.4 Å². The van der Waals surface area contributed by atoms with Crippen molar-refractivity contribution in [1.82, 2.24) is 0 Å². The molecule has 0 atom stereocenters. The molecule has 0 bridgehead atoms. The highest BCUT2D eigenvalue weighted by molar-refractivity contribution is 7.90. The van der Waals surface area contributed by atoms with Gasteiger partial charge in [0, 0.05) is 18.0 Å². The Morgan fingerprint density at radius 1 is 1.29 bits per heavy atom. The molecule has 0 aliphatic carbocycles. The van der Waals surface area contributed by atoms with Crippen LogP contribution in [0.5, 0.6) is 11.5 Å². The van der Waals surface area contributed by atoms with Gasteiger partial charge >= 0.3 is 0 Å². The van der Waals surface area contributed by atoms with E-state index in [1.807, 2.05) is 0 Å². The van der Waals surface area contributed by atoms with E-state index < -0.39 is 9.84 Å². The first kappa shape index (κ1) is 13.6. The van der Waals surface area contributed by atoms with E-state index in [1.54, 1.807) is 18.2 Å². The third-order valence-corrected chi connectivity index (χ3v) is 3.13. The Balaban J connectivity index is 2.54. The summed E-state index contributed by atoms with van der Waals surface area (Å²) in [4.78, 5) is 0. The highest BCUT2D eigenvalue weighted by Gasteiger charge is 2.06. The van der Waals surface area contributed by atoms with Gasteiger partial charge in [-0.3, -0.25) is 0 Å². The second kappa shape index (κ2) is 5.77. The van der Waals surface area contributed by atoms with Crippen molar-refractivity contribution in [2.24, 2.45) is 0 Å². The number of hydrogen-bond donors (Lipinski definition) is 1. The average molecular weight is 259 g/mol. The summed E-state index contributed by atoms with van der Waals surface area (Å²) in [7, 11) is -1.40. The number of anilines is 1. The number of hydrogen-bond acceptors (Lipinski definition) is 5. The zero-order valence-electron chi connectivity index (χ0n) is 9.97. The molecule has 17 heavy (non-hydrogen) atoms. The van der Waals surface area contributed by atoms with E-state index >= 15 is 0 Å². The first-order valence-electron chi connectivity index (χ1n) is 5.16. The summed E-state index contributed by atoms with van der Waals surface area (Å²) in [6.45, 7) is 0.312. The van der Waals surface area contributed by atoms with Gasteiger partial charge in [-0.25, -0.2) is 8.42 Å². The maximum atomic E-state index is 10.9. The van der Waals surface area contributed by atoms with Crippen molar-refractivity contribution in [3.05, 3.63) is 18.2 Å².